The summed E-state index contributed by atoms with van der Waals surface area (Å²) in [5, 5.41) is 7.99. The van der Waals surface area contributed by atoms with E-state index in [0.717, 1.165) is 13.1 Å². The van der Waals surface area contributed by atoms with Crippen molar-refractivity contribution in [3.8, 4) is 0 Å². The van der Waals surface area contributed by atoms with E-state index in [-0.39, 0.29) is 0 Å². The number of azo groups is 1. The van der Waals surface area contributed by atoms with Crippen LogP contribution in [0.15, 0.2) is 28.4 Å². The minimum atomic E-state index is 0.761. The fraction of sp³-hybridized carbons (Fsp3) is 0.333. The summed E-state index contributed by atoms with van der Waals surface area (Å²) in [6.45, 7) is 3.65. The Hall–Kier alpha value is -1.18. The van der Waals surface area contributed by atoms with Crippen LogP contribution in [-0.4, -0.2) is 0 Å². The summed E-state index contributed by atoms with van der Waals surface area (Å²) in [6.07, 6.45) is 0. The number of fused-ring (bicyclic) bond motifs is 1. The molecule has 1 aromatic rings. The van der Waals surface area contributed by atoms with Crippen molar-refractivity contribution in [2.45, 2.75) is 20.0 Å². The molecule has 0 atom stereocenters. The number of hydrogen-bond acceptors (Lipinski definition) is 2. The quantitative estimate of drug-likeness (QED) is 0.537. The molecule has 11 heavy (non-hydrogen) atoms. The second-order valence-corrected chi connectivity index (χ2v) is 2.81. The molecule has 0 bridgehead atoms. The average Bonchev–Trinajstić information content (AvgIpc) is 2.06. The number of hydrogen-bond donors (Lipinski definition) is 0. The highest BCUT2D eigenvalue weighted by atomic mass is 15.1. The molecular formula is C9H10N2. The summed E-state index contributed by atoms with van der Waals surface area (Å²) in [5.74, 6) is 0. The molecule has 0 amide bonds. The van der Waals surface area contributed by atoms with Crippen molar-refractivity contribution >= 4 is 0 Å². The van der Waals surface area contributed by atoms with Gasteiger partial charge in [0.15, 0.2) is 0 Å². The SMILES string of the molecule is Cc1cccc2c1CN=NC2. The molecule has 2 nitrogen and oxygen atoms in total. The first-order valence-electron chi connectivity index (χ1n) is 3.78. The van der Waals surface area contributed by atoms with Crippen LogP contribution in [0.25, 0.3) is 0 Å². The number of aryl methyl sites for hydroxylation is 1. The third-order valence-corrected chi connectivity index (χ3v) is 2.08. The lowest BCUT2D eigenvalue weighted by Crippen LogP contribution is -1.98. The van der Waals surface area contributed by atoms with Crippen molar-refractivity contribution in [3.05, 3.63) is 34.9 Å². The Kier molecular flexibility index (Phi) is 1.46. The lowest BCUT2D eigenvalue weighted by molar-refractivity contribution is 0.784. The Morgan fingerprint density at radius 2 is 2.00 bits per heavy atom. The maximum Gasteiger partial charge on any atom is 0.0855 e. The van der Waals surface area contributed by atoms with Crippen LogP contribution < -0.4 is 0 Å². The zero-order valence-corrected chi connectivity index (χ0v) is 6.54. The van der Waals surface area contributed by atoms with E-state index >= 15 is 0 Å². The van der Waals surface area contributed by atoms with Crippen molar-refractivity contribution in [1.82, 2.24) is 0 Å². The molecule has 56 valence electrons. The molecule has 0 N–H and O–H groups in total. The van der Waals surface area contributed by atoms with E-state index < -0.39 is 0 Å². The van der Waals surface area contributed by atoms with Gasteiger partial charge >= 0.3 is 0 Å². The highest BCUT2D eigenvalue weighted by Crippen LogP contribution is 2.19. The van der Waals surface area contributed by atoms with E-state index in [1.807, 2.05) is 0 Å². The Balaban J connectivity index is 2.54. The van der Waals surface area contributed by atoms with E-state index in [0.29, 0.717) is 0 Å². The van der Waals surface area contributed by atoms with Crippen molar-refractivity contribution in [2.75, 3.05) is 0 Å². The first-order valence-corrected chi connectivity index (χ1v) is 3.78. The zero-order valence-electron chi connectivity index (χ0n) is 6.54. The molecule has 0 fully saturated rings. The number of rotatable bonds is 0. The van der Waals surface area contributed by atoms with Gasteiger partial charge in [-0.2, -0.15) is 10.2 Å². The molecule has 0 aliphatic carbocycles. The standard InChI is InChI=1S/C9H10N2/c1-7-3-2-4-8-5-10-11-6-9(7)8/h2-4H,5-6H2,1H3. The summed E-state index contributed by atoms with van der Waals surface area (Å²) in [7, 11) is 0. The van der Waals surface area contributed by atoms with Gasteiger partial charge in [0.1, 0.15) is 0 Å². The van der Waals surface area contributed by atoms with Crippen LogP contribution in [0.5, 0.6) is 0 Å². The van der Waals surface area contributed by atoms with Crippen LogP contribution >= 0.6 is 0 Å². The predicted octanol–water partition coefficient (Wildman–Crippen LogP) is 2.46. The fourth-order valence-corrected chi connectivity index (χ4v) is 1.38. The molecule has 1 aromatic carbocycles. The van der Waals surface area contributed by atoms with Gasteiger partial charge in [0.25, 0.3) is 0 Å². The van der Waals surface area contributed by atoms with E-state index in [1.165, 1.54) is 16.7 Å². The largest absolute Gasteiger partial charge is 0.189 e. The summed E-state index contributed by atoms with van der Waals surface area (Å²) in [6, 6.07) is 6.33. The summed E-state index contributed by atoms with van der Waals surface area (Å²) in [5.41, 5.74) is 4.03. The first-order chi connectivity index (χ1) is 5.38. The minimum absolute atomic E-state index is 0.761. The first kappa shape index (κ1) is 6.53. The maximum absolute atomic E-state index is 4.00. The Bertz CT molecular complexity index is 302. The highest BCUT2D eigenvalue weighted by Gasteiger charge is 2.07. The van der Waals surface area contributed by atoms with Crippen LogP contribution in [0.1, 0.15) is 16.7 Å². The third-order valence-electron chi connectivity index (χ3n) is 2.08. The smallest absolute Gasteiger partial charge is 0.0855 e. The average molecular weight is 146 g/mol. The lowest BCUT2D eigenvalue weighted by Gasteiger charge is -2.11. The van der Waals surface area contributed by atoms with Gasteiger partial charge in [-0.25, -0.2) is 0 Å². The zero-order chi connectivity index (χ0) is 7.68. The summed E-state index contributed by atoms with van der Waals surface area (Å²) < 4.78 is 0. The lowest BCUT2D eigenvalue weighted by atomic mass is 10.0. The van der Waals surface area contributed by atoms with Crippen LogP contribution in [0.4, 0.5) is 0 Å². The van der Waals surface area contributed by atoms with E-state index in [1.54, 1.807) is 0 Å². The van der Waals surface area contributed by atoms with Gasteiger partial charge in [0.05, 0.1) is 13.1 Å². The van der Waals surface area contributed by atoms with Gasteiger partial charge in [-0.05, 0) is 23.6 Å². The molecule has 0 aromatic heterocycles. The molecule has 0 radical (unpaired) electrons. The monoisotopic (exact) mass is 146 g/mol. The van der Waals surface area contributed by atoms with Gasteiger partial charge < -0.3 is 0 Å². The molecule has 1 aliphatic rings. The van der Waals surface area contributed by atoms with Gasteiger partial charge in [-0.15, -0.1) is 0 Å². The van der Waals surface area contributed by atoms with Crippen molar-refractivity contribution in [1.29, 1.82) is 0 Å². The summed E-state index contributed by atoms with van der Waals surface area (Å²) in [4.78, 5) is 0. The topological polar surface area (TPSA) is 24.7 Å². The molecule has 0 saturated carbocycles. The van der Waals surface area contributed by atoms with Crippen LogP contribution in [-0.2, 0) is 13.1 Å². The highest BCUT2D eigenvalue weighted by molar-refractivity contribution is 5.35. The Labute approximate surface area is 66.0 Å². The van der Waals surface area contributed by atoms with Crippen molar-refractivity contribution < 1.29 is 0 Å². The fourth-order valence-electron chi connectivity index (χ4n) is 1.38. The molecule has 0 saturated heterocycles. The van der Waals surface area contributed by atoms with Crippen molar-refractivity contribution in [2.24, 2.45) is 10.2 Å². The third kappa shape index (κ3) is 1.04. The van der Waals surface area contributed by atoms with E-state index in [9.17, 15) is 0 Å². The molecule has 1 aliphatic heterocycles. The Morgan fingerprint density at radius 3 is 2.82 bits per heavy atom. The van der Waals surface area contributed by atoms with Gasteiger partial charge in [-0.1, -0.05) is 18.2 Å². The van der Waals surface area contributed by atoms with Crippen LogP contribution in [0.2, 0.25) is 0 Å². The van der Waals surface area contributed by atoms with Gasteiger partial charge in [-0.3, -0.25) is 0 Å². The van der Waals surface area contributed by atoms with Crippen LogP contribution in [0, 0.1) is 6.92 Å². The molecule has 0 unspecified atom stereocenters. The number of benzene rings is 1. The normalized spacial score (nSPS) is 14.6. The second kappa shape index (κ2) is 2.46. The second-order valence-electron chi connectivity index (χ2n) is 2.81. The molecule has 1 heterocycles. The predicted molar refractivity (Wildman–Crippen MR) is 43.4 cm³/mol. The molecule has 2 heteroatoms. The Morgan fingerprint density at radius 1 is 1.18 bits per heavy atom. The molecule has 0 spiro atoms. The summed E-state index contributed by atoms with van der Waals surface area (Å²) >= 11 is 0. The van der Waals surface area contributed by atoms with Gasteiger partial charge in [0, 0.05) is 0 Å². The number of nitrogens with zero attached hydrogens (tertiary/aromatic N) is 2. The van der Waals surface area contributed by atoms with Crippen molar-refractivity contribution in [3.63, 3.8) is 0 Å². The van der Waals surface area contributed by atoms with E-state index in [4.69, 9.17) is 0 Å². The maximum atomic E-state index is 4.00. The molecule has 2 rings (SSSR count). The van der Waals surface area contributed by atoms with Gasteiger partial charge in [0.2, 0.25) is 0 Å². The minimum Gasteiger partial charge on any atom is -0.189 e. The van der Waals surface area contributed by atoms with E-state index in [2.05, 4.69) is 35.4 Å². The van der Waals surface area contributed by atoms with Crippen LogP contribution in [0.3, 0.4) is 0 Å². The molecular weight excluding hydrogens is 136 g/mol.